The molecular formula is C21H26N2O3. The van der Waals surface area contributed by atoms with Crippen LogP contribution in [0.2, 0.25) is 0 Å². The van der Waals surface area contributed by atoms with Crippen LogP contribution < -0.4 is 10.6 Å². The summed E-state index contributed by atoms with van der Waals surface area (Å²) in [6, 6.07) is 15.0. The molecule has 0 saturated carbocycles. The molecule has 26 heavy (non-hydrogen) atoms. The highest BCUT2D eigenvalue weighted by Crippen LogP contribution is 2.19. The van der Waals surface area contributed by atoms with Gasteiger partial charge in [0.25, 0.3) is 0 Å². The molecule has 0 unspecified atom stereocenters. The zero-order valence-electron chi connectivity index (χ0n) is 15.5. The molecule has 0 aliphatic heterocycles. The summed E-state index contributed by atoms with van der Waals surface area (Å²) in [5.74, 6) is -1.49. The summed E-state index contributed by atoms with van der Waals surface area (Å²) in [5, 5.41) is 5.73. The van der Waals surface area contributed by atoms with Gasteiger partial charge in [-0.05, 0) is 50.5 Å². The first-order valence-corrected chi connectivity index (χ1v) is 8.83. The lowest BCUT2D eigenvalue weighted by molar-refractivity contribution is -0.130. The van der Waals surface area contributed by atoms with Gasteiger partial charge in [-0.1, -0.05) is 36.4 Å². The minimum atomic E-state index is -0.833. The highest BCUT2D eigenvalue weighted by molar-refractivity contribution is 6.11. The summed E-state index contributed by atoms with van der Waals surface area (Å²) in [6.07, 6.45) is 0.323. The molecule has 5 nitrogen and oxygen atoms in total. The minimum Gasteiger partial charge on any atom is -0.382 e. The summed E-state index contributed by atoms with van der Waals surface area (Å²) in [5.41, 5.74) is 3.32. The Morgan fingerprint density at radius 1 is 0.885 bits per heavy atom. The van der Waals surface area contributed by atoms with Gasteiger partial charge in [0.1, 0.15) is 5.92 Å². The Balaban J connectivity index is 2.13. The fourth-order valence-corrected chi connectivity index (χ4v) is 2.59. The summed E-state index contributed by atoms with van der Waals surface area (Å²) >= 11 is 0. The lowest BCUT2D eigenvalue weighted by atomic mass is 10.0. The second-order valence-electron chi connectivity index (χ2n) is 6.15. The van der Waals surface area contributed by atoms with Gasteiger partial charge in [-0.25, -0.2) is 0 Å². The third-order valence-corrected chi connectivity index (χ3v) is 4.19. The van der Waals surface area contributed by atoms with E-state index in [9.17, 15) is 9.59 Å². The van der Waals surface area contributed by atoms with Crippen molar-refractivity contribution in [1.29, 1.82) is 0 Å². The monoisotopic (exact) mass is 354 g/mol. The molecule has 0 saturated heterocycles. The van der Waals surface area contributed by atoms with Gasteiger partial charge in [0.2, 0.25) is 11.8 Å². The molecule has 0 aromatic heterocycles. The Morgan fingerprint density at radius 2 is 1.35 bits per heavy atom. The first kappa shape index (κ1) is 19.7. The first-order chi connectivity index (χ1) is 12.5. The average molecular weight is 354 g/mol. The van der Waals surface area contributed by atoms with Gasteiger partial charge >= 0.3 is 0 Å². The third kappa shape index (κ3) is 5.43. The zero-order chi connectivity index (χ0) is 18.9. The van der Waals surface area contributed by atoms with Crippen LogP contribution in [0.5, 0.6) is 0 Å². The lowest BCUT2D eigenvalue weighted by Gasteiger charge is -2.18. The van der Waals surface area contributed by atoms with Crippen LogP contribution in [0.25, 0.3) is 0 Å². The summed E-state index contributed by atoms with van der Waals surface area (Å²) in [6.45, 7) is 6.61. The van der Waals surface area contributed by atoms with E-state index in [1.165, 1.54) is 0 Å². The second kappa shape index (κ2) is 9.73. The van der Waals surface area contributed by atoms with Crippen molar-refractivity contribution in [2.24, 2.45) is 5.92 Å². The lowest BCUT2D eigenvalue weighted by Crippen LogP contribution is -2.35. The molecule has 0 bridgehead atoms. The van der Waals surface area contributed by atoms with E-state index in [-0.39, 0.29) is 11.8 Å². The molecule has 0 heterocycles. The molecule has 2 N–H and O–H groups in total. The van der Waals surface area contributed by atoms with Gasteiger partial charge in [-0.2, -0.15) is 0 Å². The maximum Gasteiger partial charge on any atom is 0.237 e. The predicted octanol–water partition coefficient (Wildman–Crippen LogP) is 3.92. The summed E-state index contributed by atoms with van der Waals surface area (Å²) in [7, 11) is 0. The van der Waals surface area contributed by atoms with Crippen LogP contribution in [0.15, 0.2) is 48.5 Å². The van der Waals surface area contributed by atoms with E-state index in [4.69, 9.17) is 4.74 Å². The number of amides is 2. The Hall–Kier alpha value is -2.66. The highest BCUT2D eigenvalue weighted by Gasteiger charge is 2.27. The van der Waals surface area contributed by atoms with E-state index in [2.05, 4.69) is 10.6 Å². The number of ether oxygens (including phenoxy) is 1. The van der Waals surface area contributed by atoms with Crippen molar-refractivity contribution in [2.75, 3.05) is 23.8 Å². The SMILES string of the molecule is CCOCCC(C(=O)Nc1ccccc1C)C(=O)Nc1ccccc1C. The van der Waals surface area contributed by atoms with Crippen molar-refractivity contribution >= 4 is 23.2 Å². The quantitative estimate of drug-likeness (QED) is 0.558. The highest BCUT2D eigenvalue weighted by atomic mass is 16.5. The molecule has 2 rings (SSSR count). The van der Waals surface area contributed by atoms with Crippen LogP contribution in [0.4, 0.5) is 11.4 Å². The van der Waals surface area contributed by atoms with Crippen molar-refractivity contribution in [3.8, 4) is 0 Å². The molecular weight excluding hydrogens is 328 g/mol. The van der Waals surface area contributed by atoms with Gasteiger partial charge in [0, 0.05) is 24.6 Å². The number of rotatable bonds is 8. The van der Waals surface area contributed by atoms with Crippen molar-refractivity contribution in [3.05, 3.63) is 59.7 Å². The molecule has 2 aromatic carbocycles. The van der Waals surface area contributed by atoms with Gasteiger partial charge in [-0.15, -0.1) is 0 Å². The minimum absolute atomic E-state index is 0.323. The Morgan fingerprint density at radius 3 is 1.77 bits per heavy atom. The number of anilines is 2. The van der Waals surface area contributed by atoms with Crippen LogP contribution >= 0.6 is 0 Å². The van der Waals surface area contributed by atoms with Crippen LogP contribution in [0, 0.1) is 19.8 Å². The fourth-order valence-electron chi connectivity index (χ4n) is 2.59. The largest absolute Gasteiger partial charge is 0.382 e. The van der Waals surface area contributed by atoms with Crippen LogP contribution in [-0.4, -0.2) is 25.0 Å². The zero-order valence-corrected chi connectivity index (χ0v) is 15.5. The Labute approximate surface area is 154 Å². The standard InChI is InChI=1S/C21H26N2O3/c1-4-26-14-13-17(20(24)22-18-11-7-5-9-15(18)2)21(25)23-19-12-8-6-10-16(19)3/h5-12,17H,4,13-14H2,1-3H3,(H,22,24)(H,23,25). The topological polar surface area (TPSA) is 67.4 Å². The first-order valence-electron chi connectivity index (χ1n) is 8.83. The smallest absolute Gasteiger partial charge is 0.237 e. The van der Waals surface area contributed by atoms with Crippen LogP contribution in [0.3, 0.4) is 0 Å². The van der Waals surface area contributed by atoms with Crippen molar-refractivity contribution in [2.45, 2.75) is 27.2 Å². The number of hydrogen-bond acceptors (Lipinski definition) is 3. The maximum absolute atomic E-state index is 12.7. The van der Waals surface area contributed by atoms with Crippen LogP contribution in [0.1, 0.15) is 24.5 Å². The summed E-state index contributed by atoms with van der Waals surface area (Å²) in [4.78, 5) is 25.5. The third-order valence-electron chi connectivity index (χ3n) is 4.19. The maximum atomic E-state index is 12.7. The molecule has 0 radical (unpaired) electrons. The number of hydrogen-bond donors (Lipinski definition) is 2. The summed E-state index contributed by atoms with van der Waals surface area (Å²) < 4.78 is 5.35. The van der Waals surface area contributed by atoms with E-state index < -0.39 is 5.92 Å². The van der Waals surface area contributed by atoms with E-state index in [0.29, 0.717) is 31.0 Å². The van der Waals surface area contributed by atoms with E-state index in [0.717, 1.165) is 11.1 Å². The molecule has 2 aromatic rings. The van der Waals surface area contributed by atoms with Crippen molar-refractivity contribution < 1.29 is 14.3 Å². The molecule has 138 valence electrons. The molecule has 0 fully saturated rings. The van der Waals surface area contributed by atoms with Gasteiger partial charge in [-0.3, -0.25) is 9.59 Å². The molecule has 0 aliphatic carbocycles. The molecule has 0 atom stereocenters. The molecule has 0 spiro atoms. The van der Waals surface area contributed by atoms with Crippen molar-refractivity contribution in [1.82, 2.24) is 0 Å². The predicted molar refractivity (Wildman–Crippen MR) is 104 cm³/mol. The number of para-hydroxylation sites is 2. The molecule has 5 heteroatoms. The Kier molecular flexibility index (Phi) is 7.36. The van der Waals surface area contributed by atoms with Gasteiger partial charge in [0.05, 0.1) is 0 Å². The van der Waals surface area contributed by atoms with E-state index in [1.54, 1.807) is 0 Å². The average Bonchev–Trinajstić information content (AvgIpc) is 2.62. The number of aryl methyl sites for hydroxylation is 2. The van der Waals surface area contributed by atoms with E-state index in [1.807, 2.05) is 69.3 Å². The Bertz CT molecular complexity index is 699. The second-order valence-corrected chi connectivity index (χ2v) is 6.15. The number of carbonyl (C=O) groups is 2. The fraction of sp³-hybridized carbons (Fsp3) is 0.333. The van der Waals surface area contributed by atoms with Gasteiger partial charge in [0.15, 0.2) is 0 Å². The van der Waals surface area contributed by atoms with Crippen molar-refractivity contribution in [3.63, 3.8) is 0 Å². The number of nitrogens with one attached hydrogen (secondary N) is 2. The number of carbonyl (C=O) groups excluding carboxylic acids is 2. The van der Waals surface area contributed by atoms with Gasteiger partial charge < -0.3 is 15.4 Å². The van der Waals surface area contributed by atoms with E-state index >= 15 is 0 Å². The molecule has 0 aliphatic rings. The number of benzene rings is 2. The molecule has 2 amide bonds. The van der Waals surface area contributed by atoms with Crippen LogP contribution in [-0.2, 0) is 14.3 Å². The normalized spacial score (nSPS) is 10.6.